The fourth-order valence-electron chi connectivity index (χ4n) is 2.88. The lowest BCUT2D eigenvalue weighted by Gasteiger charge is -2.34. The van der Waals surface area contributed by atoms with Crippen LogP contribution in [-0.4, -0.2) is 30.4 Å². The SMILES string of the molecule is C[C@@H]1C[C@H](C)CN(CC(=O)Nc2ccccc2Br)C1. The first kappa shape index (κ1) is 14.5. The van der Waals surface area contributed by atoms with Gasteiger partial charge in [-0.1, -0.05) is 26.0 Å². The van der Waals surface area contributed by atoms with Crippen LogP contribution in [0.2, 0.25) is 0 Å². The van der Waals surface area contributed by atoms with Crippen molar-refractivity contribution in [2.75, 3.05) is 25.0 Å². The smallest absolute Gasteiger partial charge is 0.238 e. The van der Waals surface area contributed by atoms with Gasteiger partial charge < -0.3 is 5.32 Å². The summed E-state index contributed by atoms with van der Waals surface area (Å²) >= 11 is 3.44. The number of rotatable bonds is 3. The van der Waals surface area contributed by atoms with Gasteiger partial charge in [0, 0.05) is 17.6 Å². The molecule has 1 aliphatic heterocycles. The highest BCUT2D eigenvalue weighted by molar-refractivity contribution is 9.10. The number of piperidine rings is 1. The Labute approximate surface area is 123 Å². The van der Waals surface area contributed by atoms with Gasteiger partial charge in [-0.05, 0) is 46.3 Å². The average molecular weight is 325 g/mol. The monoisotopic (exact) mass is 324 g/mol. The van der Waals surface area contributed by atoms with E-state index in [1.807, 2.05) is 24.3 Å². The number of hydrogen-bond donors (Lipinski definition) is 1. The molecule has 1 heterocycles. The second-order valence-electron chi connectivity index (χ2n) is 5.67. The highest BCUT2D eigenvalue weighted by atomic mass is 79.9. The van der Waals surface area contributed by atoms with Crippen molar-refractivity contribution in [1.82, 2.24) is 4.90 Å². The topological polar surface area (TPSA) is 32.3 Å². The molecule has 1 fully saturated rings. The van der Waals surface area contributed by atoms with E-state index in [-0.39, 0.29) is 5.91 Å². The van der Waals surface area contributed by atoms with Crippen molar-refractivity contribution in [3.05, 3.63) is 28.7 Å². The van der Waals surface area contributed by atoms with Gasteiger partial charge in [0.05, 0.1) is 12.2 Å². The highest BCUT2D eigenvalue weighted by Crippen LogP contribution is 2.22. The van der Waals surface area contributed by atoms with Gasteiger partial charge in [0.1, 0.15) is 0 Å². The number of likely N-dealkylation sites (tertiary alicyclic amines) is 1. The second kappa shape index (κ2) is 6.53. The number of carbonyl (C=O) groups is 1. The molecule has 0 aromatic heterocycles. The van der Waals surface area contributed by atoms with Gasteiger partial charge in [-0.15, -0.1) is 0 Å². The van der Waals surface area contributed by atoms with Crippen molar-refractivity contribution < 1.29 is 4.79 Å². The van der Waals surface area contributed by atoms with Crippen LogP contribution in [-0.2, 0) is 4.79 Å². The molecule has 104 valence electrons. The molecule has 1 aromatic carbocycles. The predicted molar refractivity (Wildman–Crippen MR) is 82.2 cm³/mol. The van der Waals surface area contributed by atoms with E-state index in [4.69, 9.17) is 0 Å². The van der Waals surface area contributed by atoms with E-state index < -0.39 is 0 Å². The minimum Gasteiger partial charge on any atom is -0.324 e. The van der Waals surface area contributed by atoms with Crippen LogP contribution in [0.15, 0.2) is 28.7 Å². The van der Waals surface area contributed by atoms with Crippen LogP contribution in [0.4, 0.5) is 5.69 Å². The Kier molecular flexibility index (Phi) is 4.99. The van der Waals surface area contributed by atoms with Crippen molar-refractivity contribution in [2.24, 2.45) is 11.8 Å². The summed E-state index contributed by atoms with van der Waals surface area (Å²) in [7, 11) is 0. The Bertz CT molecular complexity index is 440. The molecule has 2 atom stereocenters. The van der Waals surface area contributed by atoms with E-state index in [0.717, 1.165) is 23.2 Å². The molecule has 3 nitrogen and oxygen atoms in total. The molecule has 0 radical (unpaired) electrons. The number of halogens is 1. The lowest BCUT2D eigenvalue weighted by atomic mass is 9.92. The Morgan fingerprint density at radius 2 is 1.95 bits per heavy atom. The van der Waals surface area contributed by atoms with Gasteiger partial charge in [-0.2, -0.15) is 0 Å². The molecule has 1 aromatic rings. The van der Waals surface area contributed by atoms with Crippen molar-refractivity contribution in [2.45, 2.75) is 20.3 Å². The minimum atomic E-state index is 0.0631. The summed E-state index contributed by atoms with van der Waals surface area (Å²) < 4.78 is 0.920. The summed E-state index contributed by atoms with van der Waals surface area (Å²) in [6.45, 7) is 7.04. The lowest BCUT2D eigenvalue weighted by Crippen LogP contribution is -2.42. The minimum absolute atomic E-state index is 0.0631. The molecule has 1 N–H and O–H groups in total. The number of benzene rings is 1. The molecule has 2 rings (SSSR count). The molecule has 1 aliphatic rings. The Balaban J connectivity index is 1.89. The highest BCUT2D eigenvalue weighted by Gasteiger charge is 2.23. The van der Waals surface area contributed by atoms with Crippen molar-refractivity contribution >= 4 is 27.5 Å². The van der Waals surface area contributed by atoms with E-state index in [9.17, 15) is 4.79 Å². The Morgan fingerprint density at radius 1 is 1.32 bits per heavy atom. The molecular formula is C15H21BrN2O. The third-order valence-corrected chi connectivity index (χ3v) is 4.15. The zero-order valence-corrected chi connectivity index (χ0v) is 13.1. The first-order chi connectivity index (χ1) is 9.04. The average Bonchev–Trinajstić information content (AvgIpc) is 2.30. The van der Waals surface area contributed by atoms with Crippen LogP contribution in [0.5, 0.6) is 0 Å². The summed E-state index contributed by atoms with van der Waals surface area (Å²) in [5.74, 6) is 1.42. The molecule has 0 bridgehead atoms. The quantitative estimate of drug-likeness (QED) is 0.924. The number of amides is 1. The standard InChI is InChI=1S/C15H21BrN2O/c1-11-7-12(2)9-18(8-11)10-15(19)17-14-6-4-3-5-13(14)16/h3-6,11-12H,7-10H2,1-2H3,(H,17,19)/t11-,12+. The number of hydrogen-bond acceptors (Lipinski definition) is 2. The molecule has 0 spiro atoms. The second-order valence-corrected chi connectivity index (χ2v) is 6.52. The first-order valence-electron chi connectivity index (χ1n) is 6.81. The van der Waals surface area contributed by atoms with Crippen LogP contribution >= 0.6 is 15.9 Å². The van der Waals surface area contributed by atoms with Crippen LogP contribution < -0.4 is 5.32 Å². The van der Waals surface area contributed by atoms with Crippen LogP contribution in [0.1, 0.15) is 20.3 Å². The predicted octanol–water partition coefficient (Wildman–Crippen LogP) is 3.37. The molecule has 0 aliphatic carbocycles. The van der Waals surface area contributed by atoms with Gasteiger partial charge in [0.15, 0.2) is 0 Å². The molecule has 0 unspecified atom stereocenters. The Hall–Kier alpha value is -0.870. The van der Waals surface area contributed by atoms with E-state index in [1.54, 1.807) is 0 Å². The lowest BCUT2D eigenvalue weighted by molar-refractivity contribution is -0.117. The molecule has 19 heavy (non-hydrogen) atoms. The summed E-state index contributed by atoms with van der Waals surface area (Å²) in [5, 5.41) is 2.96. The van der Waals surface area contributed by atoms with Gasteiger partial charge in [0.25, 0.3) is 0 Å². The fraction of sp³-hybridized carbons (Fsp3) is 0.533. The van der Waals surface area contributed by atoms with Gasteiger partial charge in [0.2, 0.25) is 5.91 Å². The normalized spacial score (nSPS) is 24.2. The maximum absolute atomic E-state index is 12.1. The van der Waals surface area contributed by atoms with E-state index in [1.165, 1.54) is 6.42 Å². The molecule has 4 heteroatoms. The van der Waals surface area contributed by atoms with Crippen LogP contribution in [0.3, 0.4) is 0 Å². The van der Waals surface area contributed by atoms with Crippen LogP contribution in [0.25, 0.3) is 0 Å². The van der Waals surface area contributed by atoms with E-state index in [0.29, 0.717) is 18.4 Å². The maximum atomic E-state index is 12.1. The van der Waals surface area contributed by atoms with Gasteiger partial charge in [-0.25, -0.2) is 0 Å². The van der Waals surface area contributed by atoms with Gasteiger partial charge >= 0.3 is 0 Å². The van der Waals surface area contributed by atoms with E-state index in [2.05, 4.69) is 40.0 Å². The van der Waals surface area contributed by atoms with Gasteiger partial charge in [-0.3, -0.25) is 9.69 Å². The summed E-state index contributed by atoms with van der Waals surface area (Å²) in [6.07, 6.45) is 1.27. The van der Waals surface area contributed by atoms with Crippen LogP contribution in [0, 0.1) is 11.8 Å². The number of para-hydroxylation sites is 1. The van der Waals surface area contributed by atoms with Crippen molar-refractivity contribution in [1.29, 1.82) is 0 Å². The van der Waals surface area contributed by atoms with E-state index >= 15 is 0 Å². The Morgan fingerprint density at radius 3 is 2.58 bits per heavy atom. The maximum Gasteiger partial charge on any atom is 0.238 e. The summed E-state index contributed by atoms with van der Waals surface area (Å²) in [5.41, 5.74) is 0.839. The molecular weight excluding hydrogens is 304 g/mol. The van der Waals surface area contributed by atoms with Crippen molar-refractivity contribution in [3.63, 3.8) is 0 Å². The number of anilines is 1. The number of carbonyl (C=O) groups excluding carboxylic acids is 1. The third kappa shape index (κ3) is 4.32. The summed E-state index contributed by atoms with van der Waals surface area (Å²) in [6, 6.07) is 7.70. The number of nitrogens with zero attached hydrogens (tertiary/aromatic N) is 1. The zero-order chi connectivity index (χ0) is 13.8. The molecule has 0 saturated carbocycles. The third-order valence-electron chi connectivity index (χ3n) is 3.46. The molecule has 1 saturated heterocycles. The number of nitrogens with one attached hydrogen (secondary N) is 1. The molecule has 1 amide bonds. The summed E-state index contributed by atoms with van der Waals surface area (Å²) in [4.78, 5) is 14.3. The van der Waals surface area contributed by atoms with Crippen molar-refractivity contribution in [3.8, 4) is 0 Å². The largest absolute Gasteiger partial charge is 0.324 e. The zero-order valence-electron chi connectivity index (χ0n) is 11.5. The first-order valence-corrected chi connectivity index (χ1v) is 7.60. The fourth-order valence-corrected chi connectivity index (χ4v) is 3.26.